The Morgan fingerprint density at radius 1 is 0.724 bits per heavy atom. The van der Waals surface area contributed by atoms with E-state index in [2.05, 4.69) is 76.5 Å². The molecule has 3 aromatic carbocycles. The van der Waals surface area contributed by atoms with Crippen LogP contribution in [0.5, 0.6) is 0 Å². The Labute approximate surface area is 170 Å². The molecule has 1 saturated heterocycles. The molecule has 146 valence electrons. The summed E-state index contributed by atoms with van der Waals surface area (Å²) in [6.45, 7) is 3.93. The summed E-state index contributed by atoms with van der Waals surface area (Å²) in [6.07, 6.45) is 0. The first kappa shape index (κ1) is 17.8. The molecule has 1 aromatic heterocycles. The van der Waals surface area contributed by atoms with Crippen LogP contribution in [0.2, 0.25) is 0 Å². The quantitative estimate of drug-likeness (QED) is 0.447. The molecule has 2 heterocycles. The lowest BCUT2D eigenvalue weighted by molar-refractivity contribution is 0.122. The Morgan fingerprint density at radius 3 is 1.97 bits per heavy atom. The Morgan fingerprint density at radius 2 is 1.31 bits per heavy atom. The number of anilines is 3. The van der Waals surface area contributed by atoms with E-state index in [4.69, 9.17) is 9.15 Å². The van der Waals surface area contributed by atoms with Gasteiger partial charge in [0.2, 0.25) is 0 Å². The van der Waals surface area contributed by atoms with E-state index in [1.807, 2.05) is 18.2 Å². The second-order valence-corrected chi connectivity index (χ2v) is 7.23. The van der Waals surface area contributed by atoms with E-state index < -0.39 is 0 Å². The van der Waals surface area contributed by atoms with Crippen molar-refractivity contribution in [2.75, 3.05) is 36.1 Å². The molecule has 0 unspecified atom stereocenters. The third-order valence-electron chi connectivity index (χ3n) is 5.40. The fourth-order valence-electron chi connectivity index (χ4n) is 4.01. The second kappa shape index (κ2) is 8.02. The van der Waals surface area contributed by atoms with E-state index in [1.165, 1.54) is 11.1 Å². The van der Waals surface area contributed by atoms with Crippen LogP contribution in [0.4, 0.5) is 17.1 Å². The minimum Gasteiger partial charge on any atom is -0.457 e. The van der Waals surface area contributed by atoms with Gasteiger partial charge >= 0.3 is 0 Å². The summed E-state index contributed by atoms with van der Waals surface area (Å²) >= 11 is 0. The number of furan rings is 1. The molecule has 0 atom stereocenters. The Bertz CT molecular complexity index is 1030. The third-order valence-corrected chi connectivity index (χ3v) is 5.40. The highest BCUT2D eigenvalue weighted by molar-refractivity contribution is 5.93. The maximum atomic E-state index is 6.40. The van der Waals surface area contributed by atoms with Crippen molar-refractivity contribution in [3.63, 3.8) is 0 Å². The number of hydrogen-bond acceptors (Lipinski definition) is 4. The third kappa shape index (κ3) is 3.59. The van der Waals surface area contributed by atoms with Gasteiger partial charge in [0.25, 0.3) is 0 Å². The van der Waals surface area contributed by atoms with Gasteiger partial charge in [0.1, 0.15) is 11.3 Å². The van der Waals surface area contributed by atoms with Gasteiger partial charge in [-0.15, -0.1) is 0 Å². The summed E-state index contributed by atoms with van der Waals surface area (Å²) in [6, 6.07) is 29.3. The van der Waals surface area contributed by atoms with E-state index in [0.717, 1.165) is 49.0 Å². The molecule has 0 N–H and O–H groups in total. The highest BCUT2D eigenvalue weighted by Crippen LogP contribution is 2.37. The van der Waals surface area contributed by atoms with Crippen molar-refractivity contribution in [1.29, 1.82) is 0 Å². The van der Waals surface area contributed by atoms with Crippen LogP contribution < -0.4 is 9.80 Å². The zero-order valence-corrected chi connectivity index (χ0v) is 16.3. The first-order valence-corrected chi connectivity index (χ1v) is 10.1. The molecule has 0 radical (unpaired) electrons. The van der Waals surface area contributed by atoms with Gasteiger partial charge in [-0.3, -0.25) is 0 Å². The Kier molecular flexibility index (Phi) is 4.93. The summed E-state index contributed by atoms with van der Waals surface area (Å²) in [4.78, 5) is 4.71. The van der Waals surface area contributed by atoms with E-state index in [1.54, 1.807) is 0 Å². The van der Waals surface area contributed by atoms with Gasteiger partial charge in [-0.2, -0.15) is 0 Å². The Balaban J connectivity index is 1.60. The zero-order chi connectivity index (χ0) is 19.5. The lowest BCUT2D eigenvalue weighted by atomic mass is 10.1. The minimum atomic E-state index is 0.662. The maximum Gasteiger partial charge on any atom is 0.148 e. The molecule has 0 saturated carbocycles. The SMILES string of the molecule is c1ccc(N(Cc2oc3ccccc3c2N2CCOCC2)c2ccccc2)cc1. The van der Waals surface area contributed by atoms with Crippen molar-refractivity contribution < 1.29 is 9.15 Å². The highest BCUT2D eigenvalue weighted by Gasteiger charge is 2.24. The lowest BCUT2D eigenvalue weighted by Crippen LogP contribution is -2.36. The molecule has 4 heteroatoms. The molecule has 29 heavy (non-hydrogen) atoms. The first-order chi connectivity index (χ1) is 14.4. The van der Waals surface area contributed by atoms with Crippen LogP contribution in [0.15, 0.2) is 89.3 Å². The smallest absolute Gasteiger partial charge is 0.148 e. The molecule has 0 spiro atoms. The molecular weight excluding hydrogens is 360 g/mol. The molecule has 0 aliphatic carbocycles. The minimum absolute atomic E-state index is 0.662. The molecule has 0 amide bonds. The fraction of sp³-hybridized carbons (Fsp3) is 0.200. The van der Waals surface area contributed by atoms with Crippen LogP contribution in [0.3, 0.4) is 0 Å². The first-order valence-electron chi connectivity index (χ1n) is 10.1. The van der Waals surface area contributed by atoms with Gasteiger partial charge in [0.05, 0.1) is 25.4 Å². The van der Waals surface area contributed by atoms with Crippen LogP contribution in [0.25, 0.3) is 11.0 Å². The molecule has 1 fully saturated rings. The number of benzene rings is 3. The monoisotopic (exact) mass is 384 g/mol. The van der Waals surface area contributed by atoms with Crippen LogP contribution >= 0.6 is 0 Å². The van der Waals surface area contributed by atoms with Crippen molar-refractivity contribution in [2.24, 2.45) is 0 Å². The molecular formula is C25H24N2O2. The predicted octanol–water partition coefficient (Wildman–Crippen LogP) is 5.61. The van der Waals surface area contributed by atoms with Crippen LogP contribution in [0.1, 0.15) is 5.76 Å². The number of hydrogen-bond donors (Lipinski definition) is 0. The fourth-order valence-corrected chi connectivity index (χ4v) is 4.01. The molecule has 1 aliphatic heterocycles. The van der Waals surface area contributed by atoms with Crippen molar-refractivity contribution in [3.8, 4) is 0 Å². The number of ether oxygens (including phenoxy) is 1. The lowest BCUT2D eigenvalue weighted by Gasteiger charge is -2.30. The summed E-state index contributed by atoms with van der Waals surface area (Å²) in [7, 11) is 0. The van der Waals surface area contributed by atoms with Gasteiger partial charge in [0.15, 0.2) is 0 Å². The predicted molar refractivity (Wildman–Crippen MR) is 118 cm³/mol. The molecule has 1 aliphatic rings. The number of rotatable bonds is 5. The van der Waals surface area contributed by atoms with Crippen molar-refractivity contribution in [3.05, 3.63) is 90.7 Å². The van der Waals surface area contributed by atoms with E-state index >= 15 is 0 Å². The average molecular weight is 384 g/mol. The largest absolute Gasteiger partial charge is 0.457 e. The van der Waals surface area contributed by atoms with Gasteiger partial charge in [-0.1, -0.05) is 48.5 Å². The van der Waals surface area contributed by atoms with E-state index in [-0.39, 0.29) is 0 Å². The highest BCUT2D eigenvalue weighted by atomic mass is 16.5. The summed E-state index contributed by atoms with van der Waals surface area (Å²) < 4.78 is 12.0. The van der Waals surface area contributed by atoms with Crippen molar-refractivity contribution in [1.82, 2.24) is 0 Å². The average Bonchev–Trinajstić information content (AvgIpc) is 3.17. The number of morpholine rings is 1. The number of fused-ring (bicyclic) bond motifs is 1. The zero-order valence-electron chi connectivity index (χ0n) is 16.3. The Hall–Kier alpha value is -3.24. The molecule has 4 aromatic rings. The van der Waals surface area contributed by atoms with Crippen molar-refractivity contribution >= 4 is 28.0 Å². The second-order valence-electron chi connectivity index (χ2n) is 7.23. The summed E-state index contributed by atoms with van der Waals surface area (Å²) in [5.74, 6) is 0.987. The number of para-hydroxylation sites is 3. The molecule has 5 rings (SSSR count). The van der Waals surface area contributed by atoms with Gasteiger partial charge < -0.3 is 19.0 Å². The molecule has 0 bridgehead atoms. The van der Waals surface area contributed by atoms with Gasteiger partial charge in [-0.05, 0) is 36.4 Å². The van der Waals surface area contributed by atoms with E-state index in [9.17, 15) is 0 Å². The van der Waals surface area contributed by atoms with Crippen LogP contribution in [-0.2, 0) is 11.3 Å². The summed E-state index contributed by atoms with van der Waals surface area (Å²) in [5, 5.41) is 1.17. The van der Waals surface area contributed by atoms with E-state index in [0.29, 0.717) is 6.54 Å². The topological polar surface area (TPSA) is 28.9 Å². The van der Waals surface area contributed by atoms with Crippen LogP contribution in [-0.4, -0.2) is 26.3 Å². The van der Waals surface area contributed by atoms with Gasteiger partial charge in [0, 0.05) is 29.9 Å². The number of nitrogens with zero attached hydrogens (tertiary/aromatic N) is 2. The standard InChI is InChI=1S/C25H24N2O2/c1-3-9-20(10-4-1)27(21-11-5-2-6-12-21)19-24-25(26-15-17-28-18-16-26)22-13-7-8-14-23(22)29-24/h1-14H,15-19H2. The normalized spacial score (nSPS) is 14.3. The summed E-state index contributed by atoms with van der Waals surface area (Å²) in [5.41, 5.74) is 4.42. The van der Waals surface area contributed by atoms with Crippen molar-refractivity contribution in [2.45, 2.75) is 6.54 Å². The molecule has 4 nitrogen and oxygen atoms in total. The van der Waals surface area contributed by atoms with Crippen LogP contribution in [0, 0.1) is 0 Å². The van der Waals surface area contributed by atoms with Gasteiger partial charge in [-0.25, -0.2) is 0 Å². The maximum absolute atomic E-state index is 6.40.